The van der Waals surface area contributed by atoms with Gasteiger partial charge in [0.05, 0.1) is 12.3 Å². The van der Waals surface area contributed by atoms with E-state index in [-0.39, 0.29) is 36.2 Å². The number of carbonyl (C=O) groups is 3. The van der Waals surface area contributed by atoms with Crippen LogP contribution in [0.1, 0.15) is 39.5 Å². The van der Waals surface area contributed by atoms with Gasteiger partial charge in [-0.05, 0) is 61.4 Å². The number of carbonyl (C=O) groups excluding carboxylic acids is 3. The van der Waals surface area contributed by atoms with Gasteiger partial charge in [0.25, 0.3) is 5.91 Å². The Labute approximate surface area is 212 Å². The molecule has 4 N–H and O–H groups in total. The number of nitrogens with one attached hydrogen (secondary N) is 2. The van der Waals surface area contributed by atoms with Crippen LogP contribution in [0.15, 0.2) is 48.5 Å². The maximum Gasteiger partial charge on any atom is 0.281 e. The second-order valence-electron chi connectivity index (χ2n) is 9.04. The van der Waals surface area contributed by atoms with Crippen LogP contribution in [0.3, 0.4) is 0 Å². The van der Waals surface area contributed by atoms with Gasteiger partial charge in [0, 0.05) is 55.2 Å². The van der Waals surface area contributed by atoms with Crippen LogP contribution in [0.4, 0.5) is 11.4 Å². The molecule has 8 nitrogen and oxygen atoms in total. The van der Waals surface area contributed by atoms with E-state index in [1.165, 1.54) is 13.8 Å². The zero-order chi connectivity index (χ0) is 24.3. The Morgan fingerprint density at radius 2 is 1.37 bits per heavy atom. The summed E-state index contributed by atoms with van der Waals surface area (Å²) in [5, 5.41) is 8.87. The molecule has 2 aliphatic rings. The number of nitrogens with zero attached hydrogens (tertiary/aromatic N) is 1. The molecule has 2 aromatic carbocycles. The largest absolute Gasteiger partial charge is 1.00 e. The van der Waals surface area contributed by atoms with Crippen molar-refractivity contribution in [2.75, 3.05) is 23.7 Å². The molecular formula is C25H32ClN4O4P. The van der Waals surface area contributed by atoms with Crippen molar-refractivity contribution in [3.63, 3.8) is 0 Å². The van der Waals surface area contributed by atoms with E-state index in [2.05, 4.69) is 16.0 Å². The molecule has 0 bridgehead atoms. The molecule has 2 atom stereocenters. The van der Waals surface area contributed by atoms with Gasteiger partial charge in [0.1, 0.15) is 0 Å². The summed E-state index contributed by atoms with van der Waals surface area (Å²) in [5.41, 5.74) is 1.26. The highest BCUT2D eigenvalue weighted by atomic mass is 35.5. The van der Waals surface area contributed by atoms with Gasteiger partial charge in [-0.3, -0.25) is 14.4 Å². The first-order chi connectivity index (χ1) is 16.3. The lowest BCUT2D eigenvalue weighted by molar-refractivity contribution is -0.658. The van der Waals surface area contributed by atoms with Gasteiger partial charge in [-0.1, -0.05) is 0 Å². The normalized spacial score (nSPS) is 19.7. The lowest BCUT2D eigenvalue weighted by Crippen LogP contribution is -3.00. The number of likely N-dealkylation sites (tertiary alicyclic amines) is 1. The molecule has 4 rings (SSSR count). The predicted octanol–water partition coefficient (Wildman–Crippen LogP) is -1.40. The number of halogens is 1. The fraction of sp³-hybridized carbons (Fsp3) is 0.400. The van der Waals surface area contributed by atoms with E-state index >= 15 is 4.57 Å². The Balaban J connectivity index is 0.00000342. The molecule has 10 heteroatoms. The molecule has 0 spiro atoms. The highest BCUT2D eigenvalue weighted by Crippen LogP contribution is 2.54. The maximum atomic E-state index is 15.0. The zero-order valence-electron chi connectivity index (χ0n) is 20.0. The summed E-state index contributed by atoms with van der Waals surface area (Å²) in [6.45, 7) is 4.43. The molecule has 0 aliphatic carbocycles. The number of amides is 3. The van der Waals surface area contributed by atoms with E-state index in [4.69, 9.17) is 0 Å². The average molecular weight is 519 g/mol. The van der Waals surface area contributed by atoms with Gasteiger partial charge in [-0.25, -0.2) is 0 Å². The van der Waals surface area contributed by atoms with Crippen LogP contribution >= 0.6 is 7.14 Å². The van der Waals surface area contributed by atoms with E-state index in [1.807, 2.05) is 4.90 Å². The number of rotatable bonds is 6. The van der Waals surface area contributed by atoms with E-state index in [0.29, 0.717) is 34.9 Å². The maximum absolute atomic E-state index is 15.0. The Bertz CT molecular complexity index is 1050. The molecule has 0 aromatic heterocycles. The lowest BCUT2D eigenvalue weighted by Gasteiger charge is -2.33. The van der Waals surface area contributed by atoms with Crippen molar-refractivity contribution in [1.82, 2.24) is 4.90 Å². The van der Waals surface area contributed by atoms with Gasteiger partial charge < -0.3 is 37.8 Å². The van der Waals surface area contributed by atoms with Gasteiger partial charge in [-0.15, -0.1) is 0 Å². The summed E-state index contributed by atoms with van der Waals surface area (Å²) in [6.07, 6.45) is 3.34. The molecule has 3 amide bonds. The number of quaternary nitrogens is 1. The molecule has 0 saturated carbocycles. The van der Waals surface area contributed by atoms with Gasteiger partial charge in [0.2, 0.25) is 11.8 Å². The quantitative estimate of drug-likeness (QED) is 0.408. The summed E-state index contributed by atoms with van der Waals surface area (Å²) < 4.78 is 15.0. The van der Waals surface area contributed by atoms with Crippen LogP contribution in [0.2, 0.25) is 0 Å². The van der Waals surface area contributed by atoms with Gasteiger partial charge in [0.15, 0.2) is 13.2 Å². The fourth-order valence-electron chi connectivity index (χ4n) is 5.03. The van der Waals surface area contributed by atoms with Crippen LogP contribution in [0.5, 0.6) is 0 Å². The number of anilines is 2. The van der Waals surface area contributed by atoms with Crippen molar-refractivity contribution in [1.29, 1.82) is 0 Å². The van der Waals surface area contributed by atoms with Crippen LogP contribution in [0, 0.1) is 0 Å². The third-order valence-corrected chi connectivity index (χ3v) is 10.1. The summed E-state index contributed by atoms with van der Waals surface area (Å²) in [4.78, 5) is 38.1. The standard InChI is InChI=1S/C25H31N4O4P.ClH/c1-17(30)27-19-7-11-21(12-8-19)34(33,22-13-9-20(10-14-22)28-18(2)31)24-6-4-16-29(24)25(32)23-5-3-15-26-23;/h7-14,23-24,26H,3-6,15-16H2,1-2H3,(H,27,30)(H,28,31);1H/t23-,24?;/m0./s1. The van der Waals surface area contributed by atoms with Crippen molar-refractivity contribution in [2.45, 2.75) is 51.4 Å². The monoisotopic (exact) mass is 518 g/mol. The molecular weight excluding hydrogens is 487 g/mol. The minimum Gasteiger partial charge on any atom is -1.00 e. The van der Waals surface area contributed by atoms with Crippen molar-refractivity contribution in [3.05, 3.63) is 48.5 Å². The van der Waals surface area contributed by atoms with E-state index in [0.717, 1.165) is 25.8 Å². The Morgan fingerprint density at radius 3 is 1.80 bits per heavy atom. The van der Waals surface area contributed by atoms with Crippen molar-refractivity contribution >= 4 is 46.8 Å². The van der Waals surface area contributed by atoms with Crippen LogP contribution in [-0.4, -0.2) is 47.5 Å². The Morgan fingerprint density at radius 1 is 0.857 bits per heavy atom. The molecule has 2 heterocycles. The highest BCUT2D eigenvalue weighted by Gasteiger charge is 2.47. The molecule has 35 heavy (non-hydrogen) atoms. The number of hydrogen-bond donors (Lipinski definition) is 3. The highest BCUT2D eigenvalue weighted by molar-refractivity contribution is 7.79. The molecule has 2 aliphatic heterocycles. The second kappa shape index (κ2) is 11.4. The Kier molecular flexibility index (Phi) is 8.75. The van der Waals surface area contributed by atoms with Crippen molar-refractivity contribution in [2.24, 2.45) is 0 Å². The average Bonchev–Trinajstić information content (AvgIpc) is 3.51. The molecule has 188 valence electrons. The predicted molar refractivity (Wildman–Crippen MR) is 133 cm³/mol. The van der Waals surface area contributed by atoms with Crippen LogP contribution < -0.4 is 39.0 Å². The molecule has 2 aromatic rings. The molecule has 0 radical (unpaired) electrons. The summed E-state index contributed by atoms with van der Waals surface area (Å²) in [6, 6.07) is 14.1. The summed E-state index contributed by atoms with van der Waals surface area (Å²) in [5.74, 6) is -0.702. The third-order valence-electron chi connectivity index (χ3n) is 6.55. The van der Waals surface area contributed by atoms with Gasteiger partial charge >= 0.3 is 0 Å². The van der Waals surface area contributed by atoms with Crippen molar-refractivity contribution < 1.29 is 36.7 Å². The molecule has 2 fully saturated rings. The van der Waals surface area contributed by atoms with E-state index < -0.39 is 12.9 Å². The zero-order valence-corrected chi connectivity index (χ0v) is 21.6. The summed E-state index contributed by atoms with van der Waals surface area (Å²) >= 11 is 0. The molecule has 2 saturated heterocycles. The first-order valence-corrected chi connectivity index (χ1v) is 13.6. The van der Waals surface area contributed by atoms with Crippen molar-refractivity contribution in [3.8, 4) is 0 Å². The van der Waals surface area contributed by atoms with Crippen LogP contribution in [0.25, 0.3) is 0 Å². The number of nitrogens with two attached hydrogens (primary N) is 1. The fourth-order valence-corrected chi connectivity index (χ4v) is 8.37. The van der Waals surface area contributed by atoms with E-state index in [9.17, 15) is 14.4 Å². The SMILES string of the molecule is CC(=O)Nc1ccc(P(=O)(c2ccc(NC(C)=O)cc2)C2CCCN2C(=O)[C@@H]2CCC[NH2+]2)cc1.[Cl-]. The first-order valence-electron chi connectivity index (χ1n) is 11.8. The summed E-state index contributed by atoms with van der Waals surface area (Å²) in [7, 11) is -3.26. The lowest BCUT2D eigenvalue weighted by atomic mass is 10.2. The number of hydrogen-bond acceptors (Lipinski definition) is 4. The minimum absolute atomic E-state index is 0. The van der Waals surface area contributed by atoms with Gasteiger partial charge in [-0.2, -0.15) is 0 Å². The van der Waals surface area contributed by atoms with E-state index in [1.54, 1.807) is 48.5 Å². The third kappa shape index (κ3) is 5.77. The smallest absolute Gasteiger partial charge is 0.281 e. The first kappa shape index (κ1) is 26.9. The molecule has 1 unspecified atom stereocenters. The number of benzene rings is 2. The second-order valence-corrected chi connectivity index (χ2v) is 12.0. The Hall–Kier alpha value is -2.67. The minimum atomic E-state index is -3.26. The topological polar surface area (TPSA) is 112 Å². The van der Waals surface area contributed by atoms with Crippen LogP contribution in [-0.2, 0) is 18.9 Å².